The summed E-state index contributed by atoms with van der Waals surface area (Å²) in [5.74, 6) is 2.03. The highest BCUT2D eigenvalue weighted by Crippen LogP contribution is 2.30. The number of hydrogen-bond acceptors (Lipinski definition) is 7. The molecule has 4 rings (SSSR count). The Kier molecular flexibility index (Phi) is 7.89. The second kappa shape index (κ2) is 11.4. The maximum atomic E-state index is 11.0. The van der Waals surface area contributed by atoms with E-state index in [2.05, 4.69) is 10.1 Å². The summed E-state index contributed by atoms with van der Waals surface area (Å²) >= 11 is 0. The Hall–Kier alpha value is -4.27. The van der Waals surface area contributed by atoms with Gasteiger partial charge in [-0.15, -0.1) is 5.10 Å². The molecule has 9 heteroatoms. The molecule has 0 bridgehead atoms. The van der Waals surface area contributed by atoms with Gasteiger partial charge < -0.3 is 23.7 Å². The molecule has 0 aliphatic carbocycles. The number of carboxylic acids is 1. The molecule has 2 aromatic heterocycles. The summed E-state index contributed by atoms with van der Waals surface area (Å²) in [6.07, 6.45) is 2.19. The Morgan fingerprint density at radius 1 is 1.11 bits per heavy atom. The van der Waals surface area contributed by atoms with Gasteiger partial charge in [-0.1, -0.05) is 24.3 Å². The second-order valence-corrected chi connectivity index (χ2v) is 8.15. The van der Waals surface area contributed by atoms with E-state index in [0.717, 1.165) is 16.7 Å². The molecule has 0 saturated carbocycles. The Bertz CT molecular complexity index is 1310. The summed E-state index contributed by atoms with van der Waals surface area (Å²) in [7, 11) is 1.59. The Morgan fingerprint density at radius 2 is 1.92 bits per heavy atom. The first-order chi connectivity index (χ1) is 17.5. The summed E-state index contributed by atoms with van der Waals surface area (Å²) in [4.78, 5) is 15.6. The molecule has 0 fully saturated rings. The van der Waals surface area contributed by atoms with Gasteiger partial charge in [0, 0.05) is 23.7 Å². The zero-order chi connectivity index (χ0) is 25.5. The normalized spacial score (nSPS) is 10.9. The maximum Gasteiger partial charge on any atom is 0.303 e. The van der Waals surface area contributed by atoms with Crippen LogP contribution < -0.4 is 14.2 Å². The highest BCUT2D eigenvalue weighted by Gasteiger charge is 2.15. The molecule has 0 aliphatic heterocycles. The van der Waals surface area contributed by atoms with E-state index in [1.54, 1.807) is 11.8 Å². The molecule has 0 atom stereocenters. The number of oxazole rings is 1. The first kappa shape index (κ1) is 24.8. The van der Waals surface area contributed by atoms with Gasteiger partial charge in [-0.3, -0.25) is 9.48 Å². The van der Waals surface area contributed by atoms with Gasteiger partial charge in [0.25, 0.3) is 0 Å². The van der Waals surface area contributed by atoms with Crippen molar-refractivity contribution in [2.45, 2.75) is 39.8 Å². The van der Waals surface area contributed by atoms with Crippen LogP contribution in [0.1, 0.15) is 35.9 Å². The number of aromatic nitrogens is 3. The lowest BCUT2D eigenvalue weighted by molar-refractivity contribution is -0.136. The van der Waals surface area contributed by atoms with Crippen LogP contribution in [-0.4, -0.2) is 39.6 Å². The van der Waals surface area contributed by atoms with Gasteiger partial charge in [0.2, 0.25) is 11.8 Å². The van der Waals surface area contributed by atoms with E-state index in [4.69, 9.17) is 23.7 Å². The number of hydrogen-bond donors (Lipinski definition) is 1. The monoisotopic (exact) mass is 491 g/mol. The molecule has 188 valence electrons. The minimum atomic E-state index is -0.859. The molecule has 4 aromatic rings. The van der Waals surface area contributed by atoms with E-state index >= 15 is 0 Å². The lowest BCUT2D eigenvalue weighted by Crippen LogP contribution is -2.03. The third-order valence-corrected chi connectivity index (χ3v) is 5.54. The highest BCUT2D eigenvalue weighted by molar-refractivity contribution is 5.67. The summed E-state index contributed by atoms with van der Waals surface area (Å²) in [5.41, 5.74) is 3.34. The van der Waals surface area contributed by atoms with Crippen molar-refractivity contribution in [3.63, 3.8) is 0 Å². The van der Waals surface area contributed by atoms with Crippen molar-refractivity contribution >= 4 is 5.97 Å². The minimum Gasteiger partial charge on any atom is -0.493 e. The molecule has 9 nitrogen and oxygen atoms in total. The molecular formula is C27H29N3O6. The van der Waals surface area contributed by atoms with E-state index in [1.165, 1.54) is 0 Å². The van der Waals surface area contributed by atoms with Gasteiger partial charge in [0.15, 0.2) is 11.5 Å². The van der Waals surface area contributed by atoms with Gasteiger partial charge in [0.1, 0.15) is 18.1 Å². The van der Waals surface area contributed by atoms with Crippen molar-refractivity contribution in [2.24, 2.45) is 0 Å². The average Bonchev–Trinajstić information content (AvgIpc) is 3.44. The zero-order valence-electron chi connectivity index (χ0n) is 20.6. The smallest absolute Gasteiger partial charge is 0.303 e. The molecule has 0 spiro atoms. The van der Waals surface area contributed by atoms with Crippen molar-refractivity contribution in [2.75, 3.05) is 13.7 Å². The molecule has 1 N–H and O–H groups in total. The molecule has 0 radical (unpaired) electrons. The van der Waals surface area contributed by atoms with Crippen molar-refractivity contribution in [3.05, 3.63) is 77.3 Å². The molecular weight excluding hydrogens is 462 g/mol. The lowest BCUT2D eigenvalue weighted by atomic mass is 10.2. The number of aryl methyl sites for hydroxylation is 2. The van der Waals surface area contributed by atoms with E-state index in [-0.39, 0.29) is 13.0 Å². The topological polar surface area (TPSA) is 109 Å². The number of ether oxygens (including phenoxy) is 3. The largest absolute Gasteiger partial charge is 0.493 e. The summed E-state index contributed by atoms with van der Waals surface area (Å²) in [6.45, 7) is 4.89. The molecule has 36 heavy (non-hydrogen) atoms. The Labute approximate surface area is 209 Å². The summed E-state index contributed by atoms with van der Waals surface area (Å²) < 4.78 is 24.7. The van der Waals surface area contributed by atoms with Crippen LogP contribution in [-0.2, 0) is 24.4 Å². The van der Waals surface area contributed by atoms with Crippen molar-refractivity contribution in [1.82, 2.24) is 14.8 Å². The number of rotatable bonds is 12. The quantitative estimate of drug-likeness (QED) is 0.298. The maximum absolute atomic E-state index is 11.0. The fourth-order valence-corrected chi connectivity index (χ4v) is 3.73. The highest BCUT2D eigenvalue weighted by atomic mass is 16.5. The third-order valence-electron chi connectivity index (χ3n) is 5.54. The van der Waals surface area contributed by atoms with Crippen LogP contribution in [0.3, 0.4) is 0 Å². The fourth-order valence-electron chi connectivity index (χ4n) is 3.73. The predicted octanol–water partition coefficient (Wildman–Crippen LogP) is 4.90. The second-order valence-electron chi connectivity index (χ2n) is 8.15. The van der Waals surface area contributed by atoms with Crippen LogP contribution in [0.2, 0.25) is 0 Å². The van der Waals surface area contributed by atoms with Gasteiger partial charge in [-0.25, -0.2) is 4.98 Å². The lowest BCUT2D eigenvalue weighted by Gasteiger charge is -2.12. The van der Waals surface area contributed by atoms with Crippen LogP contribution in [0.4, 0.5) is 0 Å². The molecule has 0 saturated heterocycles. The number of nitrogens with zero attached hydrogens (tertiary/aromatic N) is 3. The predicted molar refractivity (Wildman–Crippen MR) is 132 cm³/mol. The van der Waals surface area contributed by atoms with Crippen molar-refractivity contribution in [1.29, 1.82) is 0 Å². The molecule has 0 aliphatic rings. The van der Waals surface area contributed by atoms with Crippen LogP contribution in [0.15, 0.2) is 59.1 Å². The van der Waals surface area contributed by atoms with Crippen LogP contribution in [0, 0.1) is 6.92 Å². The first-order valence-corrected chi connectivity index (χ1v) is 11.7. The number of aliphatic carboxylic acids is 1. The Morgan fingerprint density at radius 3 is 2.64 bits per heavy atom. The van der Waals surface area contributed by atoms with Crippen LogP contribution in [0.25, 0.3) is 11.5 Å². The number of carboxylic acid groups (broad SMARTS) is 1. The summed E-state index contributed by atoms with van der Waals surface area (Å²) in [6, 6.07) is 15.4. The molecule has 2 aromatic carbocycles. The fraction of sp³-hybridized carbons (Fsp3) is 0.296. The van der Waals surface area contributed by atoms with Crippen LogP contribution in [0.5, 0.6) is 17.4 Å². The minimum absolute atomic E-state index is 0.0173. The van der Waals surface area contributed by atoms with Crippen molar-refractivity contribution in [3.8, 4) is 28.8 Å². The summed E-state index contributed by atoms with van der Waals surface area (Å²) in [5, 5.41) is 13.5. The van der Waals surface area contributed by atoms with Gasteiger partial charge in [0.05, 0.1) is 20.3 Å². The standard InChI is InChI=1S/C27H29N3O6/c1-4-34-27-21(11-13-25(31)32)16-30(29-27)15-19-10-12-23(24(14-19)33-3)35-17-22-18(2)36-26(28-22)20-8-6-5-7-9-20/h5-10,12,14,16H,4,11,13,15,17H2,1-3H3,(H,31,32). The molecule has 0 amide bonds. The SMILES string of the molecule is CCOc1nn(Cc2ccc(OCc3nc(-c4ccccc4)oc3C)c(OC)c2)cc1CCC(=O)O. The average molecular weight is 492 g/mol. The molecule has 0 unspecified atom stereocenters. The number of carbonyl (C=O) groups is 1. The van der Waals surface area contributed by atoms with E-state index in [9.17, 15) is 4.79 Å². The van der Waals surface area contributed by atoms with E-state index < -0.39 is 5.97 Å². The zero-order valence-corrected chi connectivity index (χ0v) is 20.6. The molecule has 2 heterocycles. The third kappa shape index (κ3) is 6.04. The van der Waals surface area contributed by atoms with Gasteiger partial charge in [-0.2, -0.15) is 0 Å². The Balaban J connectivity index is 1.45. The van der Waals surface area contributed by atoms with Crippen LogP contribution >= 0.6 is 0 Å². The number of benzene rings is 2. The first-order valence-electron chi connectivity index (χ1n) is 11.7. The van der Waals surface area contributed by atoms with E-state index in [1.807, 2.05) is 68.6 Å². The van der Waals surface area contributed by atoms with Crippen molar-refractivity contribution < 1.29 is 28.5 Å². The van der Waals surface area contributed by atoms with Gasteiger partial charge >= 0.3 is 5.97 Å². The number of methoxy groups -OCH3 is 1. The van der Waals surface area contributed by atoms with E-state index in [0.29, 0.717) is 54.3 Å². The van der Waals surface area contributed by atoms with Gasteiger partial charge in [-0.05, 0) is 50.1 Å².